The van der Waals surface area contributed by atoms with E-state index in [4.69, 9.17) is 18.5 Å². The van der Waals surface area contributed by atoms with Crippen LogP contribution < -0.4 is 15.4 Å². The van der Waals surface area contributed by atoms with Crippen molar-refractivity contribution in [1.82, 2.24) is 25.6 Å². The molecule has 1 atom stereocenters. The smallest absolute Gasteiger partial charge is 0.407 e. The van der Waals surface area contributed by atoms with Crippen LogP contribution in [-0.2, 0) is 9.53 Å². The monoisotopic (exact) mass is 594 g/mol. The maximum absolute atomic E-state index is 14.8. The molecule has 2 N–H and O–H groups in total. The number of benzene rings is 2. The predicted octanol–water partition coefficient (Wildman–Crippen LogP) is 6.43. The topological polar surface area (TPSA) is 154 Å². The van der Waals surface area contributed by atoms with Crippen LogP contribution >= 0.6 is 0 Å². The number of nitrogens with zero attached hydrogens (tertiary/aromatic N) is 4. The lowest BCUT2D eigenvalue weighted by atomic mass is 10.1. The molecular formula is C30H35FN6O6. The van der Waals surface area contributed by atoms with Gasteiger partial charge in [0.25, 0.3) is 5.89 Å². The van der Waals surface area contributed by atoms with E-state index in [1.165, 1.54) is 12.1 Å². The summed E-state index contributed by atoms with van der Waals surface area (Å²) in [7, 11) is 0. The summed E-state index contributed by atoms with van der Waals surface area (Å²) >= 11 is 0. The second-order valence-corrected chi connectivity index (χ2v) is 9.97. The minimum atomic E-state index is -0.637. The molecule has 2 aromatic heterocycles. The summed E-state index contributed by atoms with van der Waals surface area (Å²) in [6, 6.07) is 11.5. The highest BCUT2D eigenvalue weighted by atomic mass is 19.1. The molecule has 2 aromatic carbocycles. The number of alkyl carbamates (subject to hydrolysis) is 1. The van der Waals surface area contributed by atoms with Crippen molar-refractivity contribution in [3.8, 4) is 28.5 Å². The largest absolute Gasteiger partial charge is 0.481 e. The van der Waals surface area contributed by atoms with Crippen LogP contribution in [0.15, 0.2) is 51.5 Å². The molecule has 0 aliphatic rings. The Kier molecular flexibility index (Phi) is 10.8. The van der Waals surface area contributed by atoms with E-state index in [2.05, 4.69) is 30.9 Å². The van der Waals surface area contributed by atoms with E-state index in [1.807, 2.05) is 32.9 Å². The van der Waals surface area contributed by atoms with Crippen molar-refractivity contribution < 1.29 is 32.5 Å². The van der Waals surface area contributed by atoms with Gasteiger partial charge in [-0.05, 0) is 68.7 Å². The van der Waals surface area contributed by atoms with E-state index < -0.39 is 18.0 Å². The molecule has 2 heterocycles. The lowest BCUT2D eigenvalue weighted by Crippen LogP contribution is -2.24. The van der Waals surface area contributed by atoms with Gasteiger partial charge in [-0.2, -0.15) is 9.97 Å². The number of amides is 2. The number of unbranched alkanes of at least 4 members (excludes halogenated alkanes) is 1. The fourth-order valence-corrected chi connectivity index (χ4v) is 3.94. The van der Waals surface area contributed by atoms with Crippen LogP contribution in [0.2, 0.25) is 0 Å². The standard InChI is InChI=1S/C30H35FN6O6/c1-5-24(41-21-13-10-19(11-14-21)26-34-28(18(3)4)42-36-26)29-35-27(37-43-29)20-12-15-23(22(31)17-20)33-25(38)9-7-8-16-40-30(39)32-6-2/h10-15,17-18,24H,5-9,16H2,1-4H3,(H,32,39)(H,33,38). The number of aromatic nitrogens is 4. The van der Waals surface area contributed by atoms with E-state index in [1.54, 1.807) is 25.1 Å². The van der Waals surface area contributed by atoms with Gasteiger partial charge in [-0.15, -0.1) is 0 Å². The van der Waals surface area contributed by atoms with Crippen LogP contribution in [0.4, 0.5) is 14.9 Å². The Morgan fingerprint density at radius 3 is 2.26 bits per heavy atom. The summed E-state index contributed by atoms with van der Waals surface area (Å²) in [5.41, 5.74) is 1.21. The molecule has 0 aliphatic heterocycles. The summed E-state index contributed by atoms with van der Waals surface area (Å²) in [6.45, 7) is 8.35. The number of nitrogens with one attached hydrogen (secondary N) is 2. The van der Waals surface area contributed by atoms with Crippen LogP contribution in [0.3, 0.4) is 0 Å². The maximum atomic E-state index is 14.8. The van der Waals surface area contributed by atoms with Crippen molar-refractivity contribution in [2.75, 3.05) is 18.5 Å². The molecule has 4 rings (SSSR count). The lowest BCUT2D eigenvalue weighted by molar-refractivity contribution is -0.116. The normalized spacial score (nSPS) is 11.8. The third-order valence-corrected chi connectivity index (χ3v) is 6.27. The second kappa shape index (κ2) is 14.9. The first-order valence-corrected chi connectivity index (χ1v) is 14.2. The minimum Gasteiger partial charge on any atom is -0.481 e. The van der Waals surface area contributed by atoms with Crippen molar-refractivity contribution >= 4 is 17.7 Å². The molecule has 0 saturated heterocycles. The Morgan fingerprint density at radius 1 is 0.930 bits per heavy atom. The summed E-state index contributed by atoms with van der Waals surface area (Å²) in [5, 5.41) is 13.1. The molecule has 228 valence electrons. The second-order valence-electron chi connectivity index (χ2n) is 9.97. The first kappa shape index (κ1) is 31.1. The van der Waals surface area contributed by atoms with E-state index in [-0.39, 0.29) is 42.3 Å². The molecule has 0 saturated carbocycles. The lowest BCUT2D eigenvalue weighted by Gasteiger charge is -2.13. The van der Waals surface area contributed by atoms with Crippen LogP contribution in [0, 0.1) is 5.82 Å². The molecule has 0 spiro atoms. The number of anilines is 1. The first-order chi connectivity index (χ1) is 20.8. The fourth-order valence-electron chi connectivity index (χ4n) is 3.94. The molecule has 2 amide bonds. The minimum absolute atomic E-state index is 0.0375. The van der Waals surface area contributed by atoms with Crippen molar-refractivity contribution in [3.63, 3.8) is 0 Å². The third-order valence-electron chi connectivity index (χ3n) is 6.27. The molecular weight excluding hydrogens is 559 g/mol. The van der Waals surface area contributed by atoms with Crippen LogP contribution in [-0.4, -0.2) is 45.4 Å². The molecule has 43 heavy (non-hydrogen) atoms. The van der Waals surface area contributed by atoms with Gasteiger partial charge in [0.05, 0.1) is 12.3 Å². The number of carbonyl (C=O) groups excluding carboxylic acids is 2. The highest BCUT2D eigenvalue weighted by Crippen LogP contribution is 2.29. The highest BCUT2D eigenvalue weighted by Gasteiger charge is 2.21. The molecule has 0 bridgehead atoms. The van der Waals surface area contributed by atoms with Gasteiger partial charge in [0.15, 0.2) is 6.10 Å². The van der Waals surface area contributed by atoms with E-state index in [0.717, 1.165) is 5.56 Å². The van der Waals surface area contributed by atoms with Gasteiger partial charge in [0.2, 0.25) is 23.4 Å². The van der Waals surface area contributed by atoms with Gasteiger partial charge in [-0.1, -0.05) is 31.1 Å². The van der Waals surface area contributed by atoms with Gasteiger partial charge in [0, 0.05) is 30.0 Å². The third kappa shape index (κ3) is 8.60. The van der Waals surface area contributed by atoms with Gasteiger partial charge in [0.1, 0.15) is 11.6 Å². The quantitative estimate of drug-likeness (QED) is 0.156. The van der Waals surface area contributed by atoms with Gasteiger partial charge in [-0.3, -0.25) is 4.79 Å². The molecule has 13 heteroatoms. The number of ether oxygens (including phenoxy) is 2. The fraction of sp³-hybridized carbons (Fsp3) is 0.400. The number of carbonyl (C=O) groups is 2. The molecule has 0 aliphatic carbocycles. The van der Waals surface area contributed by atoms with Crippen LogP contribution in [0.5, 0.6) is 5.75 Å². The van der Waals surface area contributed by atoms with Gasteiger partial charge < -0.3 is 29.2 Å². The van der Waals surface area contributed by atoms with Crippen molar-refractivity contribution in [2.24, 2.45) is 0 Å². The Hall–Kier alpha value is -4.81. The Bertz CT molecular complexity index is 1500. The first-order valence-electron chi connectivity index (χ1n) is 14.2. The van der Waals surface area contributed by atoms with E-state index in [0.29, 0.717) is 48.8 Å². The van der Waals surface area contributed by atoms with Gasteiger partial charge in [-0.25, -0.2) is 9.18 Å². The average molecular weight is 595 g/mol. The Balaban J connectivity index is 1.31. The Morgan fingerprint density at radius 2 is 1.60 bits per heavy atom. The van der Waals surface area contributed by atoms with E-state index >= 15 is 0 Å². The molecule has 0 fully saturated rings. The van der Waals surface area contributed by atoms with Crippen molar-refractivity contribution in [1.29, 1.82) is 0 Å². The summed E-state index contributed by atoms with van der Waals surface area (Å²) in [5.74, 6) is 1.25. The summed E-state index contributed by atoms with van der Waals surface area (Å²) in [6.07, 6.45) is 0.681. The van der Waals surface area contributed by atoms with Crippen molar-refractivity contribution in [3.05, 3.63) is 60.1 Å². The zero-order chi connectivity index (χ0) is 30.8. The van der Waals surface area contributed by atoms with Gasteiger partial charge >= 0.3 is 6.09 Å². The Labute approximate surface area is 248 Å². The molecule has 4 aromatic rings. The summed E-state index contributed by atoms with van der Waals surface area (Å²) in [4.78, 5) is 32.3. The maximum Gasteiger partial charge on any atom is 0.407 e. The summed E-state index contributed by atoms with van der Waals surface area (Å²) < 4.78 is 36.6. The van der Waals surface area contributed by atoms with E-state index in [9.17, 15) is 14.0 Å². The molecule has 12 nitrogen and oxygen atoms in total. The average Bonchev–Trinajstić information content (AvgIpc) is 3.68. The highest BCUT2D eigenvalue weighted by molar-refractivity contribution is 5.91. The number of halogens is 1. The van der Waals surface area contributed by atoms with Crippen LogP contribution in [0.1, 0.15) is 77.2 Å². The SMILES string of the molecule is CCNC(=O)OCCCCC(=O)Nc1ccc(-c2noc(C(CC)Oc3ccc(-c4noc(C(C)C)n4)cc3)n2)cc1F. The zero-order valence-corrected chi connectivity index (χ0v) is 24.6. The molecule has 0 radical (unpaired) electrons. The molecule has 1 unspecified atom stereocenters. The van der Waals surface area contributed by atoms with Crippen molar-refractivity contribution in [2.45, 2.75) is 65.4 Å². The van der Waals surface area contributed by atoms with Crippen LogP contribution in [0.25, 0.3) is 22.8 Å². The zero-order valence-electron chi connectivity index (χ0n) is 24.6. The number of hydrogen-bond acceptors (Lipinski definition) is 10. The number of rotatable bonds is 14. The number of hydrogen-bond donors (Lipinski definition) is 2. The predicted molar refractivity (Wildman–Crippen MR) is 155 cm³/mol.